The molecule has 0 heterocycles. The SMILES string of the molecule is CCC(C)(C)C(=O)OCCOC(=O)/C=C/c1ccc(F)cc1. The molecular weight excluding hydrogens is 287 g/mol. The van der Waals surface area contributed by atoms with E-state index in [4.69, 9.17) is 9.47 Å². The average molecular weight is 308 g/mol. The highest BCUT2D eigenvalue weighted by atomic mass is 19.1. The molecule has 0 saturated carbocycles. The lowest BCUT2D eigenvalue weighted by molar-refractivity contribution is -0.157. The van der Waals surface area contributed by atoms with Gasteiger partial charge in [-0.3, -0.25) is 4.79 Å². The number of ether oxygens (including phenoxy) is 2. The Balaban J connectivity index is 2.29. The van der Waals surface area contributed by atoms with Crippen LogP contribution in [0.3, 0.4) is 0 Å². The van der Waals surface area contributed by atoms with Crippen molar-refractivity contribution in [3.8, 4) is 0 Å². The zero-order valence-electron chi connectivity index (χ0n) is 13.1. The van der Waals surface area contributed by atoms with Crippen LogP contribution < -0.4 is 0 Å². The summed E-state index contributed by atoms with van der Waals surface area (Å²) < 4.78 is 22.7. The summed E-state index contributed by atoms with van der Waals surface area (Å²) in [4.78, 5) is 23.1. The Morgan fingerprint density at radius 2 is 1.73 bits per heavy atom. The molecule has 0 aromatic heterocycles. The highest BCUT2D eigenvalue weighted by molar-refractivity contribution is 5.87. The minimum atomic E-state index is -0.546. The maximum Gasteiger partial charge on any atom is 0.330 e. The highest BCUT2D eigenvalue weighted by Crippen LogP contribution is 2.21. The van der Waals surface area contributed by atoms with E-state index in [1.54, 1.807) is 26.0 Å². The normalized spacial score (nSPS) is 11.5. The van der Waals surface area contributed by atoms with E-state index in [1.807, 2.05) is 6.92 Å². The summed E-state index contributed by atoms with van der Waals surface area (Å²) in [5.41, 5.74) is 0.154. The largest absolute Gasteiger partial charge is 0.462 e. The average Bonchev–Trinajstić information content (AvgIpc) is 2.50. The standard InChI is InChI=1S/C17H21FO4/c1-4-17(2,3)16(20)22-12-11-21-15(19)10-7-13-5-8-14(18)9-6-13/h5-10H,4,11-12H2,1-3H3/b10-7+. The molecule has 0 atom stereocenters. The number of rotatable bonds is 7. The zero-order chi connectivity index (χ0) is 16.6. The van der Waals surface area contributed by atoms with Gasteiger partial charge in [-0.25, -0.2) is 9.18 Å². The van der Waals surface area contributed by atoms with Crippen LogP contribution in [0.15, 0.2) is 30.3 Å². The smallest absolute Gasteiger partial charge is 0.330 e. The van der Waals surface area contributed by atoms with Crippen LogP contribution in [0.1, 0.15) is 32.8 Å². The van der Waals surface area contributed by atoms with E-state index in [-0.39, 0.29) is 25.0 Å². The molecule has 1 rings (SSSR count). The molecular formula is C17H21FO4. The monoisotopic (exact) mass is 308 g/mol. The molecule has 4 nitrogen and oxygen atoms in total. The molecule has 120 valence electrons. The first kappa shape index (κ1) is 17.9. The van der Waals surface area contributed by atoms with Gasteiger partial charge in [0.25, 0.3) is 0 Å². The van der Waals surface area contributed by atoms with Gasteiger partial charge in [0.05, 0.1) is 5.41 Å². The van der Waals surface area contributed by atoms with Gasteiger partial charge in [-0.15, -0.1) is 0 Å². The summed E-state index contributed by atoms with van der Waals surface area (Å²) in [5, 5.41) is 0. The molecule has 5 heteroatoms. The van der Waals surface area contributed by atoms with Gasteiger partial charge in [0.2, 0.25) is 0 Å². The first-order valence-electron chi connectivity index (χ1n) is 7.13. The predicted molar refractivity (Wildman–Crippen MR) is 81.4 cm³/mol. The Hall–Kier alpha value is -2.17. The minimum absolute atomic E-state index is 0.00186. The lowest BCUT2D eigenvalue weighted by Crippen LogP contribution is -2.27. The lowest BCUT2D eigenvalue weighted by Gasteiger charge is -2.20. The second-order valence-electron chi connectivity index (χ2n) is 5.43. The molecule has 0 saturated heterocycles. The van der Waals surface area contributed by atoms with Crippen molar-refractivity contribution in [3.63, 3.8) is 0 Å². The number of halogens is 1. The molecule has 0 spiro atoms. The fourth-order valence-electron chi connectivity index (χ4n) is 1.40. The van der Waals surface area contributed by atoms with Gasteiger partial charge in [0.1, 0.15) is 19.0 Å². The van der Waals surface area contributed by atoms with E-state index < -0.39 is 11.4 Å². The van der Waals surface area contributed by atoms with E-state index in [1.165, 1.54) is 24.3 Å². The molecule has 0 aliphatic heterocycles. The van der Waals surface area contributed by atoms with Crippen LogP contribution in [0, 0.1) is 11.2 Å². The lowest BCUT2D eigenvalue weighted by atomic mass is 9.91. The number of carbonyl (C=O) groups is 2. The van der Waals surface area contributed by atoms with Crippen LogP contribution in [0.5, 0.6) is 0 Å². The molecule has 22 heavy (non-hydrogen) atoms. The third kappa shape index (κ3) is 6.08. The molecule has 0 fully saturated rings. The third-order valence-electron chi connectivity index (χ3n) is 3.28. The van der Waals surface area contributed by atoms with Crippen molar-refractivity contribution in [2.75, 3.05) is 13.2 Å². The van der Waals surface area contributed by atoms with Crippen LogP contribution in [0.25, 0.3) is 6.08 Å². The molecule has 1 aromatic carbocycles. The number of carbonyl (C=O) groups excluding carboxylic acids is 2. The van der Waals surface area contributed by atoms with E-state index in [0.29, 0.717) is 12.0 Å². The molecule has 0 aliphatic carbocycles. The molecule has 0 N–H and O–H groups in total. The van der Waals surface area contributed by atoms with Crippen molar-refractivity contribution in [2.24, 2.45) is 5.41 Å². The Kier molecular flexibility index (Phi) is 6.76. The molecule has 0 unspecified atom stereocenters. The van der Waals surface area contributed by atoms with Crippen molar-refractivity contribution in [2.45, 2.75) is 27.2 Å². The van der Waals surface area contributed by atoms with Crippen molar-refractivity contribution in [3.05, 3.63) is 41.7 Å². The fraction of sp³-hybridized carbons (Fsp3) is 0.412. The quantitative estimate of drug-likeness (QED) is 0.440. The Labute approximate surface area is 129 Å². The highest BCUT2D eigenvalue weighted by Gasteiger charge is 2.26. The first-order valence-corrected chi connectivity index (χ1v) is 7.13. The first-order chi connectivity index (χ1) is 10.3. The minimum Gasteiger partial charge on any atom is -0.462 e. The van der Waals surface area contributed by atoms with Gasteiger partial charge < -0.3 is 9.47 Å². The van der Waals surface area contributed by atoms with Crippen LogP contribution in [-0.2, 0) is 19.1 Å². The Morgan fingerprint density at radius 1 is 1.14 bits per heavy atom. The maximum absolute atomic E-state index is 12.7. The van der Waals surface area contributed by atoms with E-state index >= 15 is 0 Å². The summed E-state index contributed by atoms with van der Waals surface area (Å²) >= 11 is 0. The fourth-order valence-corrected chi connectivity index (χ4v) is 1.40. The van der Waals surface area contributed by atoms with Crippen molar-refractivity contribution in [1.82, 2.24) is 0 Å². The topological polar surface area (TPSA) is 52.6 Å². The van der Waals surface area contributed by atoms with Gasteiger partial charge in [0.15, 0.2) is 0 Å². The van der Waals surface area contributed by atoms with Gasteiger partial charge in [-0.05, 0) is 44.0 Å². The Bertz CT molecular complexity index is 532. The summed E-state index contributed by atoms with van der Waals surface area (Å²) in [6.45, 7) is 5.53. The van der Waals surface area contributed by atoms with E-state index in [0.717, 1.165) is 0 Å². The van der Waals surface area contributed by atoms with Crippen LogP contribution in [0.2, 0.25) is 0 Å². The van der Waals surface area contributed by atoms with Gasteiger partial charge in [-0.1, -0.05) is 19.1 Å². The molecule has 0 bridgehead atoms. The summed E-state index contributed by atoms with van der Waals surface area (Å²) in [5.74, 6) is -1.19. The van der Waals surface area contributed by atoms with Gasteiger partial charge >= 0.3 is 11.9 Å². The molecule has 0 aliphatic rings. The van der Waals surface area contributed by atoms with E-state index in [9.17, 15) is 14.0 Å². The molecule has 0 amide bonds. The van der Waals surface area contributed by atoms with Crippen LogP contribution in [0.4, 0.5) is 4.39 Å². The Morgan fingerprint density at radius 3 is 2.32 bits per heavy atom. The molecule has 1 aromatic rings. The maximum atomic E-state index is 12.7. The molecule has 0 radical (unpaired) electrons. The number of hydrogen-bond acceptors (Lipinski definition) is 4. The zero-order valence-corrected chi connectivity index (χ0v) is 13.1. The summed E-state index contributed by atoms with van der Waals surface area (Å²) in [6, 6.07) is 5.71. The number of esters is 2. The number of hydrogen-bond donors (Lipinski definition) is 0. The van der Waals surface area contributed by atoms with Gasteiger partial charge in [-0.2, -0.15) is 0 Å². The van der Waals surface area contributed by atoms with Crippen molar-refractivity contribution < 1.29 is 23.5 Å². The van der Waals surface area contributed by atoms with Gasteiger partial charge in [0, 0.05) is 6.08 Å². The van der Waals surface area contributed by atoms with Crippen LogP contribution in [-0.4, -0.2) is 25.2 Å². The summed E-state index contributed by atoms with van der Waals surface area (Å²) in [6.07, 6.45) is 3.44. The summed E-state index contributed by atoms with van der Waals surface area (Å²) in [7, 11) is 0. The number of benzene rings is 1. The predicted octanol–water partition coefficient (Wildman–Crippen LogP) is 3.36. The third-order valence-corrected chi connectivity index (χ3v) is 3.28. The van der Waals surface area contributed by atoms with Crippen molar-refractivity contribution in [1.29, 1.82) is 0 Å². The van der Waals surface area contributed by atoms with Crippen LogP contribution >= 0.6 is 0 Å². The van der Waals surface area contributed by atoms with Crippen molar-refractivity contribution >= 4 is 18.0 Å². The van der Waals surface area contributed by atoms with E-state index in [2.05, 4.69) is 0 Å². The second kappa shape index (κ2) is 8.32. The second-order valence-corrected chi connectivity index (χ2v) is 5.43.